The van der Waals surface area contributed by atoms with Crippen LogP contribution in [0.2, 0.25) is 0 Å². The normalized spacial score (nSPS) is 10.5. The second-order valence-electron chi connectivity index (χ2n) is 3.96. The van der Waals surface area contributed by atoms with Crippen LogP contribution in [0, 0.1) is 0 Å². The fourth-order valence-electron chi connectivity index (χ4n) is 2.04. The number of nitrogens with one attached hydrogen (secondary N) is 1. The molecule has 0 saturated heterocycles. The Bertz CT molecular complexity index is 566. The van der Waals surface area contributed by atoms with Crippen LogP contribution >= 0.6 is 0 Å². The van der Waals surface area contributed by atoms with Crippen LogP contribution in [0.4, 0.5) is 5.82 Å². The summed E-state index contributed by atoms with van der Waals surface area (Å²) < 4.78 is 16.0. The molecule has 2 rings (SSSR count). The minimum Gasteiger partial charge on any atom is -0.493 e. The van der Waals surface area contributed by atoms with E-state index in [9.17, 15) is 0 Å². The van der Waals surface area contributed by atoms with Gasteiger partial charge in [0.25, 0.3) is 0 Å². The Hall–Kier alpha value is -2.21. The summed E-state index contributed by atoms with van der Waals surface area (Å²) >= 11 is 0. The molecule has 1 aromatic heterocycles. The summed E-state index contributed by atoms with van der Waals surface area (Å²) in [5.41, 5.74) is 8.46. The van der Waals surface area contributed by atoms with Gasteiger partial charge in [-0.1, -0.05) is 0 Å². The lowest BCUT2D eigenvalue weighted by molar-refractivity contribution is 0.181. The first kappa shape index (κ1) is 13.2. The molecule has 19 heavy (non-hydrogen) atoms. The van der Waals surface area contributed by atoms with E-state index in [-0.39, 0.29) is 0 Å². The van der Waals surface area contributed by atoms with Gasteiger partial charge in [-0.15, -0.1) is 0 Å². The Morgan fingerprint density at radius 1 is 1.16 bits per heavy atom. The molecule has 6 nitrogen and oxygen atoms in total. The summed E-state index contributed by atoms with van der Waals surface area (Å²) in [6.45, 7) is 0.389. The molecule has 0 fully saturated rings. The second kappa shape index (κ2) is 5.62. The van der Waals surface area contributed by atoms with E-state index in [1.54, 1.807) is 27.5 Å². The molecule has 0 unspecified atom stereocenters. The quantitative estimate of drug-likeness (QED) is 0.859. The number of rotatable bonds is 5. The molecule has 1 aromatic carbocycles. The number of hydrogen-bond acceptors (Lipinski definition) is 5. The molecule has 0 bridgehead atoms. The molecule has 0 aliphatic rings. The molecule has 0 radical (unpaired) electrons. The predicted molar refractivity (Wildman–Crippen MR) is 72.3 cm³/mol. The number of nitrogens with zero attached hydrogens (tertiary/aromatic N) is 1. The smallest absolute Gasteiger partial charge is 0.166 e. The van der Waals surface area contributed by atoms with Crippen LogP contribution in [-0.4, -0.2) is 31.5 Å². The first-order valence-electron chi connectivity index (χ1n) is 5.75. The highest BCUT2D eigenvalue weighted by Crippen LogP contribution is 2.39. The third kappa shape index (κ3) is 2.34. The SMILES string of the molecule is COCc1c(-c2cn[nH]c2N)ccc(OC)c1OC. The van der Waals surface area contributed by atoms with E-state index in [2.05, 4.69) is 10.2 Å². The number of nitrogen functional groups attached to an aromatic ring is 1. The number of H-pyrrole nitrogens is 1. The summed E-state index contributed by atoms with van der Waals surface area (Å²) in [5.74, 6) is 1.80. The Kier molecular flexibility index (Phi) is 3.91. The Balaban J connectivity index is 2.64. The van der Waals surface area contributed by atoms with Gasteiger partial charge in [-0.05, 0) is 17.7 Å². The molecule has 0 amide bonds. The first-order chi connectivity index (χ1) is 9.22. The number of nitrogens with two attached hydrogens (primary N) is 1. The molecule has 0 aliphatic heterocycles. The lowest BCUT2D eigenvalue weighted by atomic mass is 10.0. The molecule has 2 aromatic rings. The van der Waals surface area contributed by atoms with Crippen molar-refractivity contribution in [3.63, 3.8) is 0 Å². The summed E-state index contributed by atoms with van der Waals surface area (Å²) in [6.07, 6.45) is 1.68. The van der Waals surface area contributed by atoms with Crippen molar-refractivity contribution in [2.75, 3.05) is 27.1 Å². The fraction of sp³-hybridized carbons (Fsp3) is 0.308. The Morgan fingerprint density at radius 3 is 2.47 bits per heavy atom. The maximum absolute atomic E-state index is 5.87. The summed E-state index contributed by atoms with van der Waals surface area (Å²) in [4.78, 5) is 0. The van der Waals surface area contributed by atoms with Gasteiger partial charge in [-0.3, -0.25) is 5.10 Å². The van der Waals surface area contributed by atoms with Crippen molar-refractivity contribution in [2.24, 2.45) is 0 Å². The molecule has 0 saturated carbocycles. The topological polar surface area (TPSA) is 82.4 Å². The average Bonchev–Trinajstić information content (AvgIpc) is 2.84. The van der Waals surface area contributed by atoms with Crippen molar-refractivity contribution in [1.82, 2.24) is 10.2 Å². The number of benzene rings is 1. The number of hydrogen-bond donors (Lipinski definition) is 2. The van der Waals surface area contributed by atoms with E-state index in [1.807, 2.05) is 12.1 Å². The van der Waals surface area contributed by atoms with E-state index in [0.717, 1.165) is 16.7 Å². The van der Waals surface area contributed by atoms with Crippen LogP contribution in [-0.2, 0) is 11.3 Å². The van der Waals surface area contributed by atoms with Crippen molar-refractivity contribution >= 4 is 5.82 Å². The molecule has 102 valence electrons. The molecule has 3 N–H and O–H groups in total. The minimum atomic E-state index is 0.389. The van der Waals surface area contributed by atoms with Crippen LogP contribution in [0.15, 0.2) is 18.3 Å². The Labute approximate surface area is 111 Å². The van der Waals surface area contributed by atoms with Gasteiger partial charge in [0.15, 0.2) is 11.5 Å². The zero-order valence-corrected chi connectivity index (χ0v) is 11.2. The third-order valence-electron chi connectivity index (χ3n) is 2.90. The average molecular weight is 263 g/mol. The van der Waals surface area contributed by atoms with Gasteiger partial charge in [-0.25, -0.2) is 0 Å². The summed E-state index contributed by atoms with van der Waals surface area (Å²) in [7, 11) is 4.82. The second-order valence-corrected chi connectivity index (χ2v) is 3.96. The predicted octanol–water partition coefficient (Wildman–Crippen LogP) is 1.82. The van der Waals surface area contributed by atoms with Crippen molar-refractivity contribution < 1.29 is 14.2 Å². The standard InChI is InChI=1S/C13H17N3O3/c1-17-7-10-8(9-6-15-16-13(9)14)4-5-11(18-2)12(10)19-3/h4-6H,7H2,1-3H3,(H3,14,15,16). The highest BCUT2D eigenvalue weighted by atomic mass is 16.5. The highest BCUT2D eigenvalue weighted by molar-refractivity contribution is 5.78. The monoisotopic (exact) mass is 263 g/mol. The van der Waals surface area contributed by atoms with Crippen molar-refractivity contribution in [3.05, 3.63) is 23.9 Å². The molecule has 6 heteroatoms. The van der Waals surface area contributed by atoms with E-state index in [0.29, 0.717) is 23.9 Å². The zero-order chi connectivity index (χ0) is 13.8. The van der Waals surface area contributed by atoms with Crippen LogP contribution in [0.1, 0.15) is 5.56 Å². The Morgan fingerprint density at radius 2 is 1.95 bits per heavy atom. The van der Waals surface area contributed by atoms with E-state index < -0.39 is 0 Å². The summed E-state index contributed by atoms with van der Waals surface area (Å²) in [6, 6.07) is 3.75. The number of aromatic amines is 1. The van der Waals surface area contributed by atoms with Crippen LogP contribution in [0.5, 0.6) is 11.5 Å². The van der Waals surface area contributed by atoms with Gasteiger partial charge in [0.1, 0.15) is 5.82 Å². The van der Waals surface area contributed by atoms with Gasteiger partial charge in [0.2, 0.25) is 0 Å². The van der Waals surface area contributed by atoms with Gasteiger partial charge in [-0.2, -0.15) is 5.10 Å². The van der Waals surface area contributed by atoms with Gasteiger partial charge in [0, 0.05) is 18.2 Å². The fourth-order valence-corrected chi connectivity index (χ4v) is 2.04. The number of anilines is 1. The molecular formula is C13H17N3O3. The van der Waals surface area contributed by atoms with E-state index in [1.165, 1.54) is 0 Å². The third-order valence-corrected chi connectivity index (χ3v) is 2.90. The van der Waals surface area contributed by atoms with Crippen LogP contribution < -0.4 is 15.2 Å². The van der Waals surface area contributed by atoms with Crippen LogP contribution in [0.25, 0.3) is 11.1 Å². The minimum absolute atomic E-state index is 0.389. The lowest BCUT2D eigenvalue weighted by Gasteiger charge is -2.16. The molecular weight excluding hydrogens is 246 g/mol. The van der Waals surface area contributed by atoms with Crippen molar-refractivity contribution in [1.29, 1.82) is 0 Å². The number of methoxy groups -OCH3 is 3. The van der Waals surface area contributed by atoms with Crippen molar-refractivity contribution in [3.8, 4) is 22.6 Å². The van der Waals surface area contributed by atoms with Crippen molar-refractivity contribution in [2.45, 2.75) is 6.61 Å². The first-order valence-corrected chi connectivity index (χ1v) is 5.75. The van der Waals surface area contributed by atoms with Crippen LogP contribution in [0.3, 0.4) is 0 Å². The largest absolute Gasteiger partial charge is 0.493 e. The number of ether oxygens (including phenoxy) is 3. The maximum Gasteiger partial charge on any atom is 0.166 e. The van der Waals surface area contributed by atoms with Gasteiger partial charge < -0.3 is 19.9 Å². The molecule has 1 heterocycles. The lowest BCUT2D eigenvalue weighted by Crippen LogP contribution is -2.01. The van der Waals surface area contributed by atoms with E-state index >= 15 is 0 Å². The zero-order valence-electron chi connectivity index (χ0n) is 11.2. The highest BCUT2D eigenvalue weighted by Gasteiger charge is 2.18. The maximum atomic E-state index is 5.87. The van der Waals surface area contributed by atoms with E-state index in [4.69, 9.17) is 19.9 Å². The molecule has 0 spiro atoms. The molecule has 0 atom stereocenters. The summed E-state index contributed by atoms with van der Waals surface area (Å²) in [5, 5.41) is 6.65. The van der Waals surface area contributed by atoms with Gasteiger partial charge >= 0.3 is 0 Å². The van der Waals surface area contributed by atoms with Gasteiger partial charge in [0.05, 0.1) is 27.0 Å². The molecule has 0 aliphatic carbocycles. The number of aromatic nitrogens is 2.